The zero-order valence-corrected chi connectivity index (χ0v) is 14.5. The molecule has 0 saturated heterocycles. The summed E-state index contributed by atoms with van der Waals surface area (Å²) in [5, 5.41) is 8.06. The van der Waals surface area contributed by atoms with Crippen molar-refractivity contribution in [2.75, 3.05) is 0 Å². The van der Waals surface area contributed by atoms with Crippen LogP contribution >= 0.6 is 0 Å². The zero-order chi connectivity index (χ0) is 17.7. The molecule has 0 fully saturated rings. The van der Waals surface area contributed by atoms with Crippen LogP contribution in [0.3, 0.4) is 0 Å². The van der Waals surface area contributed by atoms with Gasteiger partial charge in [-0.1, -0.05) is 42.5 Å². The molecule has 0 unspecified atom stereocenters. The van der Waals surface area contributed by atoms with Gasteiger partial charge in [0.1, 0.15) is 12.5 Å². The van der Waals surface area contributed by atoms with E-state index in [2.05, 4.69) is 50.2 Å². The molecule has 0 amide bonds. The van der Waals surface area contributed by atoms with Gasteiger partial charge < -0.3 is 14.6 Å². The van der Waals surface area contributed by atoms with Gasteiger partial charge in [-0.2, -0.15) is 0 Å². The van der Waals surface area contributed by atoms with Crippen LogP contribution in [-0.2, 0) is 11.2 Å². The maximum absolute atomic E-state index is 8.06. The highest BCUT2D eigenvalue weighted by molar-refractivity contribution is 5.27. The van der Waals surface area contributed by atoms with E-state index >= 15 is 0 Å². The highest BCUT2D eigenvalue weighted by Gasteiger charge is 2.05. The summed E-state index contributed by atoms with van der Waals surface area (Å²) in [5.74, 6) is 0.952. The highest BCUT2D eigenvalue weighted by atomic mass is 16.5. The van der Waals surface area contributed by atoms with E-state index in [0.29, 0.717) is 0 Å². The fraction of sp³-hybridized carbons (Fsp3) is 0.350. The molecule has 0 saturated carbocycles. The maximum atomic E-state index is 8.06. The summed E-state index contributed by atoms with van der Waals surface area (Å²) >= 11 is 0. The van der Waals surface area contributed by atoms with Gasteiger partial charge >= 0.3 is 0 Å². The van der Waals surface area contributed by atoms with E-state index in [1.807, 2.05) is 25.0 Å². The molecular weight excluding hydrogens is 288 g/mol. The number of ether oxygens (including phenoxy) is 1. The number of carbonyl (C=O) groups excluding carboxylic acids is 1. The van der Waals surface area contributed by atoms with E-state index in [0.717, 1.165) is 12.2 Å². The minimum Gasteiger partial charge on any atom is -0.490 e. The van der Waals surface area contributed by atoms with Crippen molar-refractivity contribution in [2.45, 2.75) is 46.3 Å². The average molecular weight is 316 g/mol. The van der Waals surface area contributed by atoms with Crippen LogP contribution in [0.1, 0.15) is 31.9 Å². The van der Waals surface area contributed by atoms with Crippen LogP contribution in [0.15, 0.2) is 54.6 Å². The molecule has 0 spiro atoms. The topological polar surface area (TPSA) is 46.5 Å². The number of aliphatic hydroxyl groups excluding tert-OH is 1. The van der Waals surface area contributed by atoms with Crippen LogP contribution < -0.4 is 4.74 Å². The number of hydrogen-bond donors (Lipinski definition) is 1. The van der Waals surface area contributed by atoms with Crippen LogP contribution in [0.2, 0.25) is 0 Å². The highest BCUT2D eigenvalue weighted by Crippen LogP contribution is 2.15. The first kappa shape index (κ1) is 20.9. The van der Waals surface area contributed by atoms with Gasteiger partial charge in [-0.15, -0.1) is 0 Å². The predicted octanol–water partition coefficient (Wildman–Crippen LogP) is 4.21. The normalized spacial score (nSPS) is 10.7. The van der Waals surface area contributed by atoms with Gasteiger partial charge in [0, 0.05) is 12.5 Å². The SMILES string of the molecule is C=O.CC(C)O.Cc1cccc(O[C@H](C)Cc2ccccc2)c1. The van der Waals surface area contributed by atoms with Crippen molar-refractivity contribution < 1.29 is 14.6 Å². The molecule has 0 aliphatic rings. The van der Waals surface area contributed by atoms with Crippen molar-refractivity contribution in [1.29, 1.82) is 0 Å². The van der Waals surface area contributed by atoms with Crippen molar-refractivity contribution >= 4 is 6.79 Å². The van der Waals surface area contributed by atoms with E-state index in [9.17, 15) is 0 Å². The minimum absolute atomic E-state index is 0.167. The third-order valence-corrected chi connectivity index (χ3v) is 2.69. The Labute approximate surface area is 139 Å². The number of carbonyl (C=O) groups is 1. The molecule has 2 rings (SSSR count). The second-order valence-corrected chi connectivity index (χ2v) is 5.53. The second kappa shape index (κ2) is 12.4. The average Bonchev–Trinajstić information content (AvgIpc) is 2.49. The Morgan fingerprint density at radius 2 is 1.57 bits per heavy atom. The predicted molar refractivity (Wildman–Crippen MR) is 95.9 cm³/mol. The number of aliphatic hydroxyl groups is 1. The van der Waals surface area contributed by atoms with E-state index in [-0.39, 0.29) is 12.2 Å². The van der Waals surface area contributed by atoms with Gasteiger partial charge in [0.05, 0.1) is 6.10 Å². The Morgan fingerprint density at radius 1 is 1.00 bits per heavy atom. The molecule has 2 aromatic carbocycles. The lowest BCUT2D eigenvalue weighted by atomic mass is 10.1. The number of rotatable bonds is 4. The summed E-state index contributed by atoms with van der Waals surface area (Å²) in [7, 11) is 0. The van der Waals surface area contributed by atoms with Crippen LogP contribution in [0.4, 0.5) is 0 Å². The fourth-order valence-corrected chi connectivity index (χ4v) is 1.91. The standard InChI is InChI=1S/C16H18O.C3H8O.CH2O/c1-13-7-6-10-16(11-13)17-14(2)12-15-8-4-3-5-9-15;1-3(2)4;1-2/h3-11,14H,12H2,1-2H3;3-4H,1-2H3;1H2/t14-;;/m1../s1. The molecule has 0 aromatic heterocycles. The van der Waals surface area contributed by atoms with Gasteiger partial charge in [0.25, 0.3) is 0 Å². The zero-order valence-electron chi connectivity index (χ0n) is 14.5. The first-order valence-corrected chi connectivity index (χ1v) is 7.71. The summed E-state index contributed by atoms with van der Waals surface area (Å²) in [6, 6.07) is 18.6. The summed E-state index contributed by atoms with van der Waals surface area (Å²) in [4.78, 5) is 8.00. The Bertz CT molecular complexity index is 521. The minimum atomic E-state index is -0.167. The van der Waals surface area contributed by atoms with Crippen molar-refractivity contribution in [3.63, 3.8) is 0 Å². The molecule has 3 heteroatoms. The molecule has 23 heavy (non-hydrogen) atoms. The van der Waals surface area contributed by atoms with Crippen LogP contribution in [0.5, 0.6) is 5.75 Å². The molecule has 2 aromatic rings. The molecule has 126 valence electrons. The smallest absolute Gasteiger partial charge is 0.119 e. The Morgan fingerprint density at radius 3 is 2.09 bits per heavy atom. The largest absolute Gasteiger partial charge is 0.490 e. The number of benzene rings is 2. The van der Waals surface area contributed by atoms with Gasteiger partial charge in [0.15, 0.2) is 0 Å². The van der Waals surface area contributed by atoms with E-state index < -0.39 is 0 Å². The van der Waals surface area contributed by atoms with Crippen molar-refractivity contribution in [2.24, 2.45) is 0 Å². The molecule has 0 aliphatic heterocycles. The number of aryl methyl sites for hydroxylation is 1. The van der Waals surface area contributed by atoms with E-state index in [1.54, 1.807) is 13.8 Å². The summed E-state index contributed by atoms with van der Waals surface area (Å²) < 4.78 is 5.90. The summed E-state index contributed by atoms with van der Waals surface area (Å²) in [6.07, 6.45) is 0.966. The lowest BCUT2D eigenvalue weighted by molar-refractivity contribution is -0.0979. The Hall–Kier alpha value is -2.13. The molecule has 1 N–H and O–H groups in total. The Kier molecular flexibility index (Phi) is 11.3. The molecule has 0 bridgehead atoms. The molecule has 0 heterocycles. The van der Waals surface area contributed by atoms with Crippen molar-refractivity contribution in [3.8, 4) is 5.75 Å². The van der Waals surface area contributed by atoms with Crippen molar-refractivity contribution in [3.05, 3.63) is 65.7 Å². The van der Waals surface area contributed by atoms with Crippen LogP contribution in [0, 0.1) is 6.92 Å². The van der Waals surface area contributed by atoms with Crippen LogP contribution in [-0.4, -0.2) is 24.1 Å². The van der Waals surface area contributed by atoms with Gasteiger partial charge in [-0.3, -0.25) is 0 Å². The van der Waals surface area contributed by atoms with Gasteiger partial charge in [-0.05, 0) is 51.0 Å². The molecule has 0 radical (unpaired) electrons. The van der Waals surface area contributed by atoms with Crippen molar-refractivity contribution in [1.82, 2.24) is 0 Å². The maximum Gasteiger partial charge on any atom is 0.119 e. The molecule has 1 atom stereocenters. The second-order valence-electron chi connectivity index (χ2n) is 5.53. The first-order chi connectivity index (χ1) is 11.0. The molecule has 3 nitrogen and oxygen atoms in total. The fourth-order valence-electron chi connectivity index (χ4n) is 1.91. The quantitative estimate of drug-likeness (QED) is 0.919. The lowest BCUT2D eigenvalue weighted by Gasteiger charge is -2.15. The van der Waals surface area contributed by atoms with E-state index in [1.165, 1.54) is 11.1 Å². The monoisotopic (exact) mass is 316 g/mol. The first-order valence-electron chi connectivity index (χ1n) is 7.71. The molecular formula is C20H28O3. The van der Waals surface area contributed by atoms with Gasteiger partial charge in [-0.25, -0.2) is 0 Å². The molecule has 0 aliphatic carbocycles. The summed E-state index contributed by atoms with van der Waals surface area (Å²) in [6.45, 7) is 9.63. The third-order valence-electron chi connectivity index (χ3n) is 2.69. The summed E-state index contributed by atoms with van der Waals surface area (Å²) in [5.41, 5.74) is 2.54. The lowest BCUT2D eigenvalue weighted by Crippen LogP contribution is -2.14. The van der Waals surface area contributed by atoms with Gasteiger partial charge in [0.2, 0.25) is 0 Å². The Balaban J connectivity index is 0.000000705. The third kappa shape index (κ3) is 11.1. The van der Waals surface area contributed by atoms with Crippen LogP contribution in [0.25, 0.3) is 0 Å². The number of hydrogen-bond acceptors (Lipinski definition) is 3. The van der Waals surface area contributed by atoms with E-state index in [4.69, 9.17) is 14.6 Å².